The first-order chi connectivity index (χ1) is 8.21. The molecule has 0 heterocycles. The maximum absolute atomic E-state index is 12.2. The van der Waals surface area contributed by atoms with Gasteiger partial charge in [-0.2, -0.15) is 22.0 Å². The van der Waals surface area contributed by atoms with Gasteiger partial charge in [-0.3, -0.25) is 0 Å². The van der Waals surface area contributed by atoms with Crippen LogP contribution in [0.2, 0.25) is 0 Å². The van der Waals surface area contributed by atoms with Gasteiger partial charge in [0.05, 0.1) is 6.04 Å². The van der Waals surface area contributed by atoms with Crippen molar-refractivity contribution < 1.29 is 31.8 Å². The van der Waals surface area contributed by atoms with Crippen LogP contribution in [-0.2, 0) is 0 Å². The third-order valence-electron chi connectivity index (χ3n) is 2.14. The molecular formula is C10H10F5NO2. The van der Waals surface area contributed by atoms with Crippen LogP contribution in [0.3, 0.4) is 0 Å². The van der Waals surface area contributed by atoms with Crippen LogP contribution in [0, 0.1) is 0 Å². The number of hydrogen-bond acceptors (Lipinski definition) is 3. The van der Waals surface area contributed by atoms with Gasteiger partial charge in [0.25, 0.3) is 0 Å². The molecule has 8 heteroatoms. The van der Waals surface area contributed by atoms with Crippen LogP contribution in [0.4, 0.5) is 22.0 Å². The Morgan fingerprint density at radius 3 is 2.33 bits per heavy atom. The van der Waals surface area contributed by atoms with Gasteiger partial charge >= 0.3 is 12.8 Å². The van der Waals surface area contributed by atoms with E-state index in [1.807, 2.05) is 0 Å². The maximum atomic E-state index is 12.2. The predicted molar refractivity (Wildman–Crippen MR) is 52.1 cm³/mol. The molecule has 0 fully saturated rings. The van der Waals surface area contributed by atoms with E-state index in [1.165, 1.54) is 12.1 Å². The molecular weight excluding hydrogens is 261 g/mol. The van der Waals surface area contributed by atoms with Crippen molar-refractivity contribution in [2.24, 2.45) is 5.73 Å². The number of halogens is 5. The van der Waals surface area contributed by atoms with E-state index in [1.54, 1.807) is 0 Å². The summed E-state index contributed by atoms with van der Waals surface area (Å²) in [5, 5.41) is 8.94. The van der Waals surface area contributed by atoms with Gasteiger partial charge in [0.2, 0.25) is 0 Å². The van der Waals surface area contributed by atoms with Gasteiger partial charge in [-0.05, 0) is 17.7 Å². The van der Waals surface area contributed by atoms with Crippen LogP contribution < -0.4 is 10.5 Å². The Kier molecular flexibility index (Phi) is 4.47. The number of rotatable bonds is 4. The molecule has 0 radical (unpaired) electrons. The fourth-order valence-corrected chi connectivity index (χ4v) is 1.28. The number of hydrogen-bond donors (Lipinski definition) is 2. The van der Waals surface area contributed by atoms with Gasteiger partial charge in [-0.1, -0.05) is 12.1 Å². The lowest BCUT2D eigenvalue weighted by Gasteiger charge is -2.22. The number of ether oxygens (including phenoxy) is 1. The summed E-state index contributed by atoms with van der Waals surface area (Å²) in [4.78, 5) is 0. The maximum Gasteiger partial charge on any atom is 0.416 e. The zero-order chi connectivity index (χ0) is 13.9. The van der Waals surface area contributed by atoms with E-state index in [0.29, 0.717) is 0 Å². The molecule has 0 spiro atoms. The second-order valence-corrected chi connectivity index (χ2v) is 3.46. The third-order valence-corrected chi connectivity index (χ3v) is 2.14. The van der Waals surface area contributed by atoms with Crippen LogP contribution >= 0.6 is 0 Å². The van der Waals surface area contributed by atoms with E-state index in [2.05, 4.69) is 4.74 Å². The standard InChI is InChI=1S/C10H10F5NO2/c11-9(12)18-6-3-1-2-5(4-6)7(16)8(17)10(13,14)15/h1-4,7-9,17H,16H2/t7-,8-/m0/s1. The van der Waals surface area contributed by atoms with Gasteiger partial charge in [0, 0.05) is 0 Å². The second-order valence-electron chi connectivity index (χ2n) is 3.46. The van der Waals surface area contributed by atoms with Crippen LogP contribution in [0.15, 0.2) is 24.3 Å². The summed E-state index contributed by atoms with van der Waals surface area (Å²) < 4.78 is 64.5. The summed E-state index contributed by atoms with van der Waals surface area (Å²) in [6.07, 6.45) is -7.67. The monoisotopic (exact) mass is 271 g/mol. The molecule has 18 heavy (non-hydrogen) atoms. The molecule has 0 amide bonds. The first-order valence-electron chi connectivity index (χ1n) is 4.77. The Bertz CT molecular complexity index is 396. The van der Waals surface area contributed by atoms with Crippen molar-refractivity contribution in [2.45, 2.75) is 24.9 Å². The number of aliphatic hydroxyl groups excluding tert-OH is 1. The summed E-state index contributed by atoms with van der Waals surface area (Å²) >= 11 is 0. The average Bonchev–Trinajstić information content (AvgIpc) is 2.25. The highest BCUT2D eigenvalue weighted by Gasteiger charge is 2.42. The number of benzene rings is 1. The molecule has 3 nitrogen and oxygen atoms in total. The molecule has 0 saturated heterocycles. The fourth-order valence-electron chi connectivity index (χ4n) is 1.28. The summed E-state index contributed by atoms with van der Waals surface area (Å²) in [5.74, 6) is -0.327. The van der Waals surface area contributed by atoms with Gasteiger partial charge in [-0.15, -0.1) is 0 Å². The second kappa shape index (κ2) is 5.49. The van der Waals surface area contributed by atoms with E-state index in [4.69, 9.17) is 10.8 Å². The smallest absolute Gasteiger partial charge is 0.416 e. The molecule has 0 aliphatic heterocycles. The minimum atomic E-state index is -4.89. The fraction of sp³-hybridized carbons (Fsp3) is 0.400. The normalized spacial score (nSPS) is 15.6. The molecule has 102 valence electrons. The van der Waals surface area contributed by atoms with E-state index in [9.17, 15) is 22.0 Å². The average molecular weight is 271 g/mol. The highest BCUT2D eigenvalue weighted by molar-refractivity contribution is 5.31. The number of nitrogens with two attached hydrogens (primary N) is 1. The molecule has 0 aliphatic rings. The van der Waals surface area contributed by atoms with Gasteiger partial charge in [0.15, 0.2) is 6.10 Å². The minimum Gasteiger partial charge on any atom is -0.435 e. The molecule has 1 aromatic rings. The topological polar surface area (TPSA) is 55.5 Å². The van der Waals surface area contributed by atoms with E-state index >= 15 is 0 Å². The van der Waals surface area contributed by atoms with Crippen molar-refractivity contribution in [2.75, 3.05) is 0 Å². The van der Waals surface area contributed by atoms with Crippen molar-refractivity contribution in [3.63, 3.8) is 0 Å². The molecule has 2 atom stereocenters. The molecule has 1 rings (SSSR count). The largest absolute Gasteiger partial charge is 0.435 e. The summed E-state index contributed by atoms with van der Waals surface area (Å²) in [6.45, 7) is -3.09. The Morgan fingerprint density at radius 1 is 1.22 bits per heavy atom. The van der Waals surface area contributed by atoms with E-state index < -0.39 is 24.9 Å². The lowest BCUT2D eigenvalue weighted by Crippen LogP contribution is -2.38. The number of aliphatic hydroxyl groups is 1. The lowest BCUT2D eigenvalue weighted by atomic mass is 10.0. The number of alkyl halides is 5. The van der Waals surface area contributed by atoms with Crippen molar-refractivity contribution >= 4 is 0 Å². The van der Waals surface area contributed by atoms with Crippen molar-refractivity contribution in [3.8, 4) is 5.75 Å². The van der Waals surface area contributed by atoms with Crippen molar-refractivity contribution in [1.29, 1.82) is 0 Å². The zero-order valence-electron chi connectivity index (χ0n) is 8.86. The molecule has 3 N–H and O–H groups in total. The summed E-state index contributed by atoms with van der Waals surface area (Å²) in [6, 6.07) is 2.67. The molecule has 0 unspecified atom stereocenters. The summed E-state index contributed by atoms with van der Waals surface area (Å²) in [7, 11) is 0. The SMILES string of the molecule is N[C@@H](c1cccc(OC(F)F)c1)[C@H](O)C(F)(F)F. The third kappa shape index (κ3) is 3.81. The van der Waals surface area contributed by atoms with E-state index in [-0.39, 0.29) is 11.3 Å². The Morgan fingerprint density at radius 2 is 1.83 bits per heavy atom. The quantitative estimate of drug-likeness (QED) is 0.825. The van der Waals surface area contributed by atoms with Gasteiger partial charge in [0.1, 0.15) is 5.75 Å². The van der Waals surface area contributed by atoms with Crippen molar-refractivity contribution in [3.05, 3.63) is 29.8 Å². The lowest BCUT2D eigenvalue weighted by molar-refractivity contribution is -0.210. The zero-order valence-corrected chi connectivity index (χ0v) is 8.86. The van der Waals surface area contributed by atoms with Crippen LogP contribution in [0.5, 0.6) is 5.75 Å². The first kappa shape index (κ1) is 14.7. The molecule has 0 aliphatic carbocycles. The summed E-state index contributed by atoms with van der Waals surface area (Å²) in [5.41, 5.74) is 5.06. The minimum absolute atomic E-state index is 0.155. The molecule has 0 bridgehead atoms. The van der Waals surface area contributed by atoms with E-state index in [0.717, 1.165) is 12.1 Å². The van der Waals surface area contributed by atoms with Crippen LogP contribution in [-0.4, -0.2) is 24.0 Å². The predicted octanol–water partition coefficient (Wildman–Crippen LogP) is 2.21. The van der Waals surface area contributed by atoms with Gasteiger partial charge < -0.3 is 15.6 Å². The molecule has 1 aromatic carbocycles. The Balaban J connectivity index is 2.89. The molecule has 0 saturated carbocycles. The Hall–Kier alpha value is -1.41. The Labute approximate surface area is 99.0 Å². The van der Waals surface area contributed by atoms with Crippen LogP contribution in [0.1, 0.15) is 11.6 Å². The first-order valence-corrected chi connectivity index (χ1v) is 4.77. The highest BCUT2D eigenvalue weighted by atomic mass is 19.4. The van der Waals surface area contributed by atoms with Crippen molar-refractivity contribution in [1.82, 2.24) is 0 Å². The van der Waals surface area contributed by atoms with Crippen LogP contribution in [0.25, 0.3) is 0 Å². The highest BCUT2D eigenvalue weighted by Crippen LogP contribution is 2.30. The van der Waals surface area contributed by atoms with Gasteiger partial charge in [-0.25, -0.2) is 0 Å². The molecule has 0 aromatic heterocycles.